The molecule has 3 rings (SSSR count). The molecule has 0 atom stereocenters. The lowest BCUT2D eigenvalue weighted by atomic mass is 9.94. The van der Waals surface area contributed by atoms with Gasteiger partial charge in [0.1, 0.15) is 24.7 Å². The first-order valence-electron chi connectivity index (χ1n) is 9.49. The second kappa shape index (κ2) is 8.74. The molecule has 1 heterocycles. The van der Waals surface area contributed by atoms with Gasteiger partial charge in [0, 0.05) is 17.5 Å². The molecule has 0 unspecified atom stereocenters. The molecule has 0 amide bonds. The molecule has 0 fully saturated rings. The Kier molecular flexibility index (Phi) is 6.14. The zero-order chi connectivity index (χ0) is 20.1. The van der Waals surface area contributed by atoms with E-state index in [1.165, 1.54) is 6.08 Å². The Morgan fingerprint density at radius 2 is 2.00 bits per heavy atom. The molecule has 2 aromatic carbocycles. The van der Waals surface area contributed by atoms with E-state index in [4.69, 9.17) is 9.47 Å². The maximum absolute atomic E-state index is 12.2. The fraction of sp³-hybridized carbons (Fsp3) is 0.304. The minimum Gasteiger partial charge on any atom is -0.507 e. The zero-order valence-electron chi connectivity index (χ0n) is 16.0. The average molecular weight is 380 g/mol. The number of esters is 1. The van der Waals surface area contributed by atoms with Crippen molar-refractivity contribution in [1.29, 1.82) is 0 Å². The second-order valence-corrected chi connectivity index (χ2v) is 6.77. The fourth-order valence-corrected chi connectivity index (χ4v) is 3.35. The fourth-order valence-electron chi connectivity index (χ4n) is 3.35. The molecule has 0 radical (unpaired) electrons. The molecule has 5 heteroatoms. The standard InChI is InChI=1S/C23H24O5/c1-3-5-6-8-15(24)13-27-22-16(4-2)21(25)12-11-18(22)17-9-7-10-19-20(17)14-28-23(19)26/h4,7,9-12,25H,2-3,5-6,8,13-14H2,1H3. The Morgan fingerprint density at radius 3 is 2.75 bits per heavy atom. The van der Waals surface area contributed by atoms with Crippen molar-refractivity contribution < 1.29 is 24.2 Å². The molecule has 1 aliphatic rings. The van der Waals surface area contributed by atoms with Crippen LogP contribution in [0.4, 0.5) is 0 Å². The minimum absolute atomic E-state index is 0.00885. The summed E-state index contributed by atoms with van der Waals surface area (Å²) in [5.41, 5.74) is 3.17. The van der Waals surface area contributed by atoms with Gasteiger partial charge in [0.2, 0.25) is 0 Å². The number of carbonyl (C=O) groups is 2. The van der Waals surface area contributed by atoms with Crippen LogP contribution in [0.15, 0.2) is 36.9 Å². The van der Waals surface area contributed by atoms with Crippen molar-refractivity contribution in [3.8, 4) is 22.6 Å². The molecule has 1 N–H and O–H groups in total. The van der Waals surface area contributed by atoms with Crippen molar-refractivity contribution in [2.75, 3.05) is 6.61 Å². The van der Waals surface area contributed by atoms with Crippen LogP contribution in [0.25, 0.3) is 17.2 Å². The summed E-state index contributed by atoms with van der Waals surface area (Å²) < 4.78 is 11.0. The Balaban J connectivity index is 1.96. The van der Waals surface area contributed by atoms with Crippen LogP contribution in [0.1, 0.15) is 54.1 Å². The monoisotopic (exact) mass is 380 g/mol. The number of rotatable bonds is 9. The molecule has 5 nitrogen and oxygen atoms in total. The maximum atomic E-state index is 12.2. The molecule has 28 heavy (non-hydrogen) atoms. The third-order valence-electron chi connectivity index (χ3n) is 4.85. The summed E-state index contributed by atoms with van der Waals surface area (Å²) >= 11 is 0. The molecule has 0 aromatic heterocycles. The number of benzene rings is 2. The van der Waals surface area contributed by atoms with E-state index in [-0.39, 0.29) is 30.7 Å². The van der Waals surface area contributed by atoms with Crippen molar-refractivity contribution in [3.63, 3.8) is 0 Å². The molecule has 2 aromatic rings. The number of hydrogen-bond donors (Lipinski definition) is 1. The number of ketones is 1. The average Bonchev–Trinajstić information content (AvgIpc) is 3.08. The van der Waals surface area contributed by atoms with E-state index in [2.05, 4.69) is 13.5 Å². The van der Waals surface area contributed by atoms with Crippen LogP contribution in [0.3, 0.4) is 0 Å². The zero-order valence-corrected chi connectivity index (χ0v) is 16.0. The van der Waals surface area contributed by atoms with Crippen molar-refractivity contribution in [2.45, 2.75) is 39.2 Å². The van der Waals surface area contributed by atoms with E-state index in [9.17, 15) is 14.7 Å². The summed E-state index contributed by atoms with van der Waals surface area (Å²) in [7, 11) is 0. The van der Waals surface area contributed by atoms with Crippen LogP contribution in [0.5, 0.6) is 11.5 Å². The van der Waals surface area contributed by atoms with Gasteiger partial charge in [0.15, 0.2) is 5.78 Å². The van der Waals surface area contributed by atoms with Crippen LogP contribution in [0, 0.1) is 0 Å². The van der Waals surface area contributed by atoms with Crippen LogP contribution in [-0.4, -0.2) is 23.5 Å². The molecule has 0 saturated heterocycles. The number of fused-ring (bicyclic) bond motifs is 1. The topological polar surface area (TPSA) is 72.8 Å². The lowest BCUT2D eigenvalue weighted by Gasteiger charge is -2.17. The Morgan fingerprint density at radius 1 is 1.21 bits per heavy atom. The molecule has 1 aliphatic heterocycles. The van der Waals surface area contributed by atoms with Crippen LogP contribution in [0.2, 0.25) is 0 Å². The Hall–Kier alpha value is -3.08. The number of unbranched alkanes of at least 4 members (excludes halogenated alkanes) is 2. The molecule has 0 saturated carbocycles. The lowest BCUT2D eigenvalue weighted by molar-refractivity contribution is -0.121. The largest absolute Gasteiger partial charge is 0.507 e. The van der Waals surface area contributed by atoms with Gasteiger partial charge < -0.3 is 14.6 Å². The van der Waals surface area contributed by atoms with Gasteiger partial charge in [-0.3, -0.25) is 4.79 Å². The number of aromatic hydroxyl groups is 1. The van der Waals surface area contributed by atoms with Gasteiger partial charge in [-0.15, -0.1) is 0 Å². The van der Waals surface area contributed by atoms with E-state index in [1.54, 1.807) is 24.3 Å². The Bertz CT molecular complexity index is 913. The summed E-state index contributed by atoms with van der Waals surface area (Å²) in [6.07, 6.45) is 4.86. The highest BCUT2D eigenvalue weighted by Crippen LogP contribution is 2.42. The number of phenols is 1. The first-order valence-corrected chi connectivity index (χ1v) is 9.49. The SMILES string of the molecule is C=Cc1c(O)ccc(-c2cccc3c2COC3=O)c1OCC(=O)CCCCC. The van der Waals surface area contributed by atoms with Gasteiger partial charge in [0.25, 0.3) is 0 Å². The van der Waals surface area contributed by atoms with Gasteiger partial charge >= 0.3 is 5.97 Å². The van der Waals surface area contributed by atoms with Crippen LogP contribution < -0.4 is 4.74 Å². The van der Waals surface area contributed by atoms with Crippen molar-refractivity contribution in [2.24, 2.45) is 0 Å². The molecule has 146 valence electrons. The summed E-state index contributed by atoms with van der Waals surface area (Å²) in [6.45, 7) is 5.95. The number of cyclic esters (lactones) is 1. The molecular formula is C23H24O5. The van der Waals surface area contributed by atoms with Crippen LogP contribution >= 0.6 is 0 Å². The normalized spacial score (nSPS) is 12.4. The smallest absolute Gasteiger partial charge is 0.338 e. The summed E-state index contributed by atoms with van der Waals surface area (Å²) in [4.78, 5) is 24.1. The van der Waals surface area contributed by atoms with Gasteiger partial charge in [-0.2, -0.15) is 0 Å². The highest BCUT2D eigenvalue weighted by atomic mass is 16.5. The van der Waals surface area contributed by atoms with Crippen molar-refractivity contribution >= 4 is 17.8 Å². The third-order valence-corrected chi connectivity index (χ3v) is 4.85. The summed E-state index contributed by atoms with van der Waals surface area (Å²) in [6, 6.07) is 8.65. The van der Waals surface area contributed by atoms with E-state index < -0.39 is 0 Å². The molecular weight excluding hydrogens is 356 g/mol. The quantitative estimate of drug-likeness (QED) is 0.495. The van der Waals surface area contributed by atoms with Gasteiger partial charge in [-0.25, -0.2) is 4.79 Å². The number of hydrogen-bond acceptors (Lipinski definition) is 5. The highest BCUT2D eigenvalue weighted by Gasteiger charge is 2.26. The van der Waals surface area contributed by atoms with E-state index in [1.807, 2.05) is 6.07 Å². The van der Waals surface area contributed by atoms with E-state index in [0.717, 1.165) is 30.4 Å². The van der Waals surface area contributed by atoms with E-state index >= 15 is 0 Å². The number of phenolic OH excluding ortho intramolecular Hbond substituents is 1. The minimum atomic E-state index is -0.354. The van der Waals surface area contributed by atoms with Crippen LogP contribution in [-0.2, 0) is 16.1 Å². The van der Waals surface area contributed by atoms with Crippen molar-refractivity contribution in [1.82, 2.24) is 0 Å². The molecule has 0 spiro atoms. The van der Waals surface area contributed by atoms with Gasteiger partial charge in [-0.1, -0.05) is 44.6 Å². The predicted octanol–water partition coefficient (Wildman–Crippen LogP) is 4.90. The summed E-state index contributed by atoms with van der Waals surface area (Å²) in [5.74, 6) is 0.0568. The molecule has 0 aliphatic carbocycles. The number of carbonyl (C=O) groups excluding carboxylic acids is 2. The van der Waals surface area contributed by atoms with Gasteiger partial charge in [0.05, 0.1) is 11.1 Å². The predicted molar refractivity (Wildman–Crippen MR) is 107 cm³/mol. The van der Waals surface area contributed by atoms with Gasteiger partial charge in [-0.05, 0) is 30.2 Å². The lowest BCUT2D eigenvalue weighted by Crippen LogP contribution is -2.12. The van der Waals surface area contributed by atoms with Crippen molar-refractivity contribution in [3.05, 3.63) is 53.6 Å². The number of ether oxygens (including phenoxy) is 2. The first kappa shape index (κ1) is 19.7. The Labute approximate surface area is 164 Å². The second-order valence-electron chi connectivity index (χ2n) is 6.77. The van der Waals surface area contributed by atoms with E-state index in [0.29, 0.717) is 28.9 Å². The summed E-state index contributed by atoms with van der Waals surface area (Å²) in [5, 5.41) is 10.2. The highest BCUT2D eigenvalue weighted by molar-refractivity contribution is 5.97. The molecule has 0 bridgehead atoms. The third kappa shape index (κ3) is 3.93. The first-order chi connectivity index (χ1) is 13.6. The number of Topliss-reactive ketones (excluding diaryl/α,β-unsaturated/α-hetero) is 1. The maximum Gasteiger partial charge on any atom is 0.338 e.